The standard InChI is InChI=1S/C23H28N2/c1-17-14-19-9-5-7-11-23(19)22(17)10-6-4-8-18-12-13-21(25(2)3)15-20(18)16-24/h5,7,9,11-16,22,24H,4,6,8,10H2,1-3H3. The molecule has 3 rings (SSSR count). The lowest BCUT2D eigenvalue weighted by molar-refractivity contribution is 0.625. The Hall–Kier alpha value is -2.35. The number of unbranched alkanes of at least 4 members (excludes halogenated alkanes) is 1. The number of anilines is 1. The maximum absolute atomic E-state index is 7.70. The number of aryl methyl sites for hydroxylation is 1. The first-order valence-electron chi connectivity index (χ1n) is 9.18. The summed E-state index contributed by atoms with van der Waals surface area (Å²) in [5, 5.41) is 7.70. The number of fused-ring (bicyclic) bond motifs is 1. The van der Waals surface area contributed by atoms with Gasteiger partial charge in [-0.05, 0) is 60.6 Å². The molecule has 0 heterocycles. The average Bonchev–Trinajstić information content (AvgIpc) is 2.94. The fourth-order valence-electron chi connectivity index (χ4n) is 3.82. The number of rotatable bonds is 7. The highest BCUT2D eigenvalue weighted by molar-refractivity contribution is 5.81. The third-order valence-corrected chi connectivity index (χ3v) is 5.29. The Morgan fingerprint density at radius 2 is 1.88 bits per heavy atom. The van der Waals surface area contributed by atoms with Crippen LogP contribution in [0.5, 0.6) is 0 Å². The Morgan fingerprint density at radius 3 is 2.64 bits per heavy atom. The Kier molecular flexibility index (Phi) is 5.37. The lowest BCUT2D eigenvalue weighted by atomic mass is 9.90. The lowest BCUT2D eigenvalue weighted by Gasteiger charge is -2.16. The van der Waals surface area contributed by atoms with Crippen molar-refractivity contribution in [3.8, 4) is 0 Å². The van der Waals surface area contributed by atoms with Crippen LogP contribution in [0, 0.1) is 5.41 Å². The van der Waals surface area contributed by atoms with Crippen molar-refractivity contribution in [1.29, 1.82) is 5.41 Å². The lowest BCUT2D eigenvalue weighted by Crippen LogP contribution is -2.09. The second-order valence-electron chi connectivity index (χ2n) is 7.24. The molecule has 2 heteroatoms. The predicted molar refractivity (Wildman–Crippen MR) is 109 cm³/mol. The minimum absolute atomic E-state index is 0.592. The molecule has 0 saturated heterocycles. The normalized spacial score (nSPS) is 15.6. The van der Waals surface area contributed by atoms with E-state index in [1.54, 1.807) is 0 Å². The first-order chi connectivity index (χ1) is 12.1. The molecule has 0 spiro atoms. The van der Waals surface area contributed by atoms with Crippen molar-refractivity contribution in [2.24, 2.45) is 0 Å². The molecule has 1 atom stereocenters. The fraction of sp³-hybridized carbons (Fsp3) is 0.348. The van der Waals surface area contributed by atoms with Gasteiger partial charge in [0.15, 0.2) is 0 Å². The molecule has 1 aliphatic rings. The van der Waals surface area contributed by atoms with Crippen molar-refractivity contribution >= 4 is 18.0 Å². The summed E-state index contributed by atoms with van der Waals surface area (Å²) in [6, 6.07) is 15.2. The summed E-state index contributed by atoms with van der Waals surface area (Å²) in [6.45, 7) is 2.26. The minimum Gasteiger partial charge on any atom is -0.378 e. The van der Waals surface area contributed by atoms with E-state index in [1.807, 2.05) is 14.1 Å². The number of hydrogen-bond donors (Lipinski definition) is 1. The van der Waals surface area contributed by atoms with E-state index >= 15 is 0 Å². The summed E-state index contributed by atoms with van der Waals surface area (Å²) in [6.07, 6.45) is 8.49. The van der Waals surface area contributed by atoms with Crippen LogP contribution in [0.2, 0.25) is 0 Å². The maximum atomic E-state index is 7.70. The number of allylic oxidation sites excluding steroid dienone is 1. The summed E-state index contributed by atoms with van der Waals surface area (Å²) in [4.78, 5) is 2.09. The zero-order chi connectivity index (χ0) is 17.8. The van der Waals surface area contributed by atoms with Gasteiger partial charge in [0, 0.05) is 31.9 Å². The number of hydrogen-bond acceptors (Lipinski definition) is 2. The van der Waals surface area contributed by atoms with Crippen LogP contribution in [0.4, 0.5) is 5.69 Å². The molecule has 2 nitrogen and oxygen atoms in total. The van der Waals surface area contributed by atoms with E-state index in [2.05, 4.69) is 60.4 Å². The molecule has 130 valence electrons. The van der Waals surface area contributed by atoms with Gasteiger partial charge in [-0.25, -0.2) is 0 Å². The van der Waals surface area contributed by atoms with Crippen molar-refractivity contribution in [3.05, 3.63) is 70.3 Å². The van der Waals surface area contributed by atoms with Gasteiger partial charge in [0.1, 0.15) is 0 Å². The second-order valence-corrected chi connectivity index (χ2v) is 7.24. The Morgan fingerprint density at radius 1 is 1.08 bits per heavy atom. The van der Waals surface area contributed by atoms with Gasteiger partial charge in [-0.1, -0.05) is 48.4 Å². The van der Waals surface area contributed by atoms with Crippen LogP contribution < -0.4 is 4.90 Å². The molecular weight excluding hydrogens is 304 g/mol. The van der Waals surface area contributed by atoms with Gasteiger partial charge < -0.3 is 10.3 Å². The molecular formula is C23H28N2. The van der Waals surface area contributed by atoms with E-state index in [1.165, 1.54) is 47.7 Å². The van der Waals surface area contributed by atoms with E-state index < -0.39 is 0 Å². The zero-order valence-electron chi connectivity index (χ0n) is 15.5. The molecule has 0 radical (unpaired) electrons. The summed E-state index contributed by atoms with van der Waals surface area (Å²) < 4.78 is 0. The van der Waals surface area contributed by atoms with Crippen LogP contribution in [-0.2, 0) is 6.42 Å². The van der Waals surface area contributed by atoms with Crippen molar-refractivity contribution in [2.45, 2.75) is 38.5 Å². The predicted octanol–water partition coefficient (Wildman–Crippen LogP) is 5.66. The molecule has 1 N–H and O–H groups in total. The molecule has 25 heavy (non-hydrogen) atoms. The van der Waals surface area contributed by atoms with E-state index in [4.69, 9.17) is 5.41 Å². The molecule has 1 aliphatic carbocycles. The highest BCUT2D eigenvalue weighted by atomic mass is 15.1. The smallest absolute Gasteiger partial charge is 0.0367 e. The molecule has 1 unspecified atom stereocenters. The van der Waals surface area contributed by atoms with Gasteiger partial charge >= 0.3 is 0 Å². The van der Waals surface area contributed by atoms with Gasteiger partial charge in [0.2, 0.25) is 0 Å². The molecule has 0 fully saturated rings. The maximum Gasteiger partial charge on any atom is 0.0367 e. The Balaban J connectivity index is 1.57. The van der Waals surface area contributed by atoms with Crippen molar-refractivity contribution < 1.29 is 0 Å². The fourth-order valence-corrected chi connectivity index (χ4v) is 3.82. The van der Waals surface area contributed by atoms with Crippen molar-refractivity contribution in [2.75, 3.05) is 19.0 Å². The van der Waals surface area contributed by atoms with Crippen LogP contribution in [0.3, 0.4) is 0 Å². The summed E-state index contributed by atoms with van der Waals surface area (Å²) >= 11 is 0. The number of nitrogens with zero attached hydrogens (tertiary/aromatic N) is 1. The van der Waals surface area contributed by atoms with Crippen molar-refractivity contribution in [3.63, 3.8) is 0 Å². The van der Waals surface area contributed by atoms with Crippen LogP contribution in [0.1, 0.15) is 54.4 Å². The van der Waals surface area contributed by atoms with Crippen LogP contribution in [0.25, 0.3) is 6.08 Å². The van der Waals surface area contributed by atoms with E-state index in [-0.39, 0.29) is 0 Å². The van der Waals surface area contributed by atoms with Gasteiger partial charge in [0.25, 0.3) is 0 Å². The van der Waals surface area contributed by atoms with Gasteiger partial charge in [-0.3, -0.25) is 0 Å². The van der Waals surface area contributed by atoms with Crippen molar-refractivity contribution in [1.82, 2.24) is 0 Å². The van der Waals surface area contributed by atoms with Crippen LogP contribution >= 0.6 is 0 Å². The molecule has 2 aromatic carbocycles. The minimum atomic E-state index is 0.592. The topological polar surface area (TPSA) is 27.1 Å². The van der Waals surface area contributed by atoms with Gasteiger partial charge in [0.05, 0.1) is 0 Å². The first-order valence-corrected chi connectivity index (χ1v) is 9.18. The first kappa shape index (κ1) is 17.5. The summed E-state index contributed by atoms with van der Waals surface area (Å²) in [5.41, 5.74) is 7.89. The second kappa shape index (κ2) is 7.69. The third-order valence-electron chi connectivity index (χ3n) is 5.29. The quantitative estimate of drug-likeness (QED) is 0.514. The average molecular weight is 332 g/mol. The molecule has 2 aromatic rings. The van der Waals surface area contributed by atoms with E-state index in [0.717, 1.165) is 17.7 Å². The van der Waals surface area contributed by atoms with Gasteiger partial charge in [-0.2, -0.15) is 0 Å². The summed E-state index contributed by atoms with van der Waals surface area (Å²) in [5.74, 6) is 0.592. The molecule has 0 aliphatic heterocycles. The zero-order valence-corrected chi connectivity index (χ0v) is 15.5. The van der Waals surface area contributed by atoms with Crippen LogP contribution in [-0.4, -0.2) is 20.3 Å². The SMILES string of the molecule is CC1=Cc2ccccc2C1CCCCc1ccc(N(C)C)cc1C=N. The van der Waals surface area contributed by atoms with E-state index in [0.29, 0.717) is 5.92 Å². The van der Waals surface area contributed by atoms with E-state index in [9.17, 15) is 0 Å². The number of benzene rings is 2. The monoisotopic (exact) mass is 332 g/mol. The van der Waals surface area contributed by atoms with Gasteiger partial charge in [-0.15, -0.1) is 0 Å². The van der Waals surface area contributed by atoms with Crippen LogP contribution in [0.15, 0.2) is 48.0 Å². The highest BCUT2D eigenvalue weighted by Crippen LogP contribution is 2.39. The molecule has 0 saturated carbocycles. The molecule has 0 aromatic heterocycles. The molecule has 0 bridgehead atoms. The highest BCUT2D eigenvalue weighted by Gasteiger charge is 2.21. The summed E-state index contributed by atoms with van der Waals surface area (Å²) in [7, 11) is 4.08. The largest absolute Gasteiger partial charge is 0.378 e. The third kappa shape index (κ3) is 3.84. The molecule has 0 amide bonds. The Labute approximate surface area is 151 Å². The number of nitrogens with one attached hydrogen (secondary N) is 1. The Bertz CT molecular complexity index is 786.